The highest BCUT2D eigenvalue weighted by atomic mass is 16.5. The first-order chi connectivity index (χ1) is 12.3. The number of aryl methyl sites for hydroxylation is 1. The fraction of sp³-hybridized carbons (Fsp3) is 0.364. The molecule has 0 saturated heterocycles. The van der Waals surface area contributed by atoms with Crippen LogP contribution in [-0.2, 0) is 6.42 Å². The van der Waals surface area contributed by atoms with Crippen LogP contribution in [-0.4, -0.2) is 6.61 Å². The number of hydrogen-bond donors (Lipinski definition) is 0. The fourth-order valence-electron chi connectivity index (χ4n) is 2.42. The lowest BCUT2D eigenvalue weighted by molar-refractivity contribution is 0.307. The minimum absolute atomic E-state index is 0.735. The molecule has 2 aromatic rings. The standard InChI is InChI=1S/C22H28N2O/c1-3-5-7-8-18-25-22-16-14-21(15-17-22)24-23-20-12-10-19(11-13-20)9-6-4-2/h3,10-17H,1,4-9,18H2,2H3. The Balaban J connectivity index is 1.81. The normalized spacial score (nSPS) is 10.9. The lowest BCUT2D eigenvalue weighted by atomic mass is 10.1. The van der Waals surface area contributed by atoms with Crippen LogP contribution < -0.4 is 4.74 Å². The average molecular weight is 336 g/mol. The van der Waals surface area contributed by atoms with E-state index in [1.54, 1.807) is 0 Å². The number of ether oxygens (including phenoxy) is 1. The largest absolute Gasteiger partial charge is 0.494 e. The molecule has 0 saturated carbocycles. The first-order valence-corrected chi connectivity index (χ1v) is 9.16. The van der Waals surface area contributed by atoms with Crippen LogP contribution in [0.25, 0.3) is 0 Å². The predicted octanol–water partition coefficient (Wildman–Crippen LogP) is 7.18. The van der Waals surface area contributed by atoms with E-state index in [2.05, 4.69) is 35.9 Å². The fourth-order valence-corrected chi connectivity index (χ4v) is 2.42. The number of azo groups is 1. The number of unbranched alkanes of at least 4 members (excludes halogenated alkanes) is 3. The van der Waals surface area contributed by atoms with Gasteiger partial charge in [0.15, 0.2) is 0 Å². The summed E-state index contributed by atoms with van der Waals surface area (Å²) in [5.41, 5.74) is 3.06. The molecule has 0 atom stereocenters. The van der Waals surface area contributed by atoms with Gasteiger partial charge >= 0.3 is 0 Å². The molecule has 0 fully saturated rings. The maximum atomic E-state index is 5.71. The van der Waals surface area contributed by atoms with Crippen LogP contribution in [0.5, 0.6) is 5.75 Å². The zero-order valence-corrected chi connectivity index (χ0v) is 15.2. The molecule has 0 amide bonds. The Bertz CT molecular complexity index is 645. The molecule has 0 radical (unpaired) electrons. The van der Waals surface area contributed by atoms with Gasteiger partial charge in [0.1, 0.15) is 5.75 Å². The summed E-state index contributed by atoms with van der Waals surface area (Å²) in [6, 6.07) is 16.0. The Kier molecular flexibility index (Phi) is 8.46. The van der Waals surface area contributed by atoms with E-state index in [1.807, 2.05) is 42.5 Å². The molecule has 0 unspecified atom stereocenters. The lowest BCUT2D eigenvalue weighted by Crippen LogP contribution is -1.96. The van der Waals surface area contributed by atoms with Crippen molar-refractivity contribution >= 4 is 11.4 Å². The highest BCUT2D eigenvalue weighted by molar-refractivity contribution is 5.43. The molecule has 0 bridgehead atoms. The summed E-state index contributed by atoms with van der Waals surface area (Å²) in [7, 11) is 0. The van der Waals surface area contributed by atoms with Gasteiger partial charge < -0.3 is 4.74 Å². The molecule has 2 aromatic carbocycles. The highest BCUT2D eigenvalue weighted by Crippen LogP contribution is 2.22. The Labute approximate surface area is 151 Å². The van der Waals surface area contributed by atoms with Gasteiger partial charge in [0.25, 0.3) is 0 Å². The van der Waals surface area contributed by atoms with Crippen molar-refractivity contribution in [3.05, 3.63) is 66.7 Å². The summed E-state index contributed by atoms with van der Waals surface area (Å²) in [4.78, 5) is 0. The molecule has 0 aromatic heterocycles. The topological polar surface area (TPSA) is 34.0 Å². The summed E-state index contributed by atoms with van der Waals surface area (Å²) in [5, 5.41) is 8.59. The summed E-state index contributed by atoms with van der Waals surface area (Å²) in [5.74, 6) is 0.873. The number of rotatable bonds is 11. The molecule has 2 rings (SSSR count). The van der Waals surface area contributed by atoms with E-state index < -0.39 is 0 Å². The molecule has 0 heterocycles. The van der Waals surface area contributed by atoms with E-state index in [-0.39, 0.29) is 0 Å². The van der Waals surface area contributed by atoms with Crippen LogP contribution in [0.3, 0.4) is 0 Å². The van der Waals surface area contributed by atoms with Gasteiger partial charge in [-0.2, -0.15) is 10.2 Å². The van der Waals surface area contributed by atoms with E-state index in [4.69, 9.17) is 4.74 Å². The second-order valence-corrected chi connectivity index (χ2v) is 6.10. The molecule has 132 valence electrons. The summed E-state index contributed by atoms with van der Waals surface area (Å²) < 4.78 is 5.71. The quantitative estimate of drug-likeness (QED) is 0.243. The smallest absolute Gasteiger partial charge is 0.119 e. The first-order valence-electron chi connectivity index (χ1n) is 9.16. The third-order valence-corrected chi connectivity index (χ3v) is 3.94. The molecule has 0 aliphatic heterocycles. The first kappa shape index (κ1) is 18.9. The average Bonchev–Trinajstić information content (AvgIpc) is 2.66. The molecular weight excluding hydrogens is 308 g/mol. The lowest BCUT2D eigenvalue weighted by Gasteiger charge is -2.05. The van der Waals surface area contributed by atoms with Gasteiger partial charge in [-0.1, -0.05) is 31.6 Å². The van der Waals surface area contributed by atoms with Crippen LogP contribution in [0.4, 0.5) is 11.4 Å². The number of hydrogen-bond acceptors (Lipinski definition) is 3. The van der Waals surface area contributed by atoms with Crippen molar-refractivity contribution in [2.75, 3.05) is 6.61 Å². The number of nitrogens with zero attached hydrogens (tertiary/aromatic N) is 2. The Morgan fingerprint density at radius 1 is 0.880 bits per heavy atom. The third kappa shape index (κ3) is 7.34. The van der Waals surface area contributed by atoms with Crippen molar-refractivity contribution in [2.45, 2.75) is 45.4 Å². The minimum atomic E-state index is 0.735. The third-order valence-electron chi connectivity index (χ3n) is 3.94. The zero-order valence-electron chi connectivity index (χ0n) is 15.2. The van der Waals surface area contributed by atoms with E-state index in [9.17, 15) is 0 Å². The van der Waals surface area contributed by atoms with Crippen molar-refractivity contribution < 1.29 is 4.74 Å². The van der Waals surface area contributed by atoms with Gasteiger partial charge in [0, 0.05) is 0 Å². The SMILES string of the molecule is C=CCCCCOc1ccc(N=Nc2ccc(CCCC)cc2)cc1. The van der Waals surface area contributed by atoms with Crippen molar-refractivity contribution in [1.29, 1.82) is 0 Å². The molecule has 0 N–H and O–H groups in total. The van der Waals surface area contributed by atoms with E-state index in [1.165, 1.54) is 18.4 Å². The van der Waals surface area contributed by atoms with Crippen molar-refractivity contribution in [3.8, 4) is 5.75 Å². The molecule has 25 heavy (non-hydrogen) atoms. The van der Waals surface area contributed by atoms with E-state index in [0.29, 0.717) is 0 Å². The van der Waals surface area contributed by atoms with Gasteiger partial charge in [0.2, 0.25) is 0 Å². The van der Waals surface area contributed by atoms with Gasteiger partial charge in [-0.05, 0) is 74.1 Å². The van der Waals surface area contributed by atoms with Gasteiger partial charge in [-0.25, -0.2) is 0 Å². The van der Waals surface area contributed by atoms with Crippen LogP contribution in [0, 0.1) is 0 Å². The maximum absolute atomic E-state index is 5.71. The summed E-state index contributed by atoms with van der Waals surface area (Å²) in [6.07, 6.45) is 8.72. The van der Waals surface area contributed by atoms with Gasteiger partial charge in [-0.15, -0.1) is 6.58 Å². The van der Waals surface area contributed by atoms with Crippen LogP contribution in [0.1, 0.15) is 44.6 Å². The van der Waals surface area contributed by atoms with Gasteiger partial charge in [-0.3, -0.25) is 0 Å². The molecule has 0 spiro atoms. The second-order valence-electron chi connectivity index (χ2n) is 6.10. The molecule has 0 aliphatic carbocycles. The van der Waals surface area contributed by atoms with E-state index in [0.717, 1.165) is 49.4 Å². The zero-order chi connectivity index (χ0) is 17.7. The Morgan fingerprint density at radius 3 is 2.12 bits per heavy atom. The summed E-state index contributed by atoms with van der Waals surface area (Å²) in [6.45, 7) is 6.67. The van der Waals surface area contributed by atoms with E-state index >= 15 is 0 Å². The summed E-state index contributed by atoms with van der Waals surface area (Å²) >= 11 is 0. The van der Waals surface area contributed by atoms with Crippen molar-refractivity contribution in [1.82, 2.24) is 0 Å². The Morgan fingerprint density at radius 2 is 1.52 bits per heavy atom. The second kappa shape index (κ2) is 11.2. The molecular formula is C22H28N2O. The molecule has 3 nitrogen and oxygen atoms in total. The van der Waals surface area contributed by atoms with Crippen molar-refractivity contribution in [2.24, 2.45) is 10.2 Å². The minimum Gasteiger partial charge on any atom is -0.494 e. The monoisotopic (exact) mass is 336 g/mol. The van der Waals surface area contributed by atoms with Crippen LogP contribution in [0.15, 0.2) is 71.4 Å². The number of allylic oxidation sites excluding steroid dienone is 1. The van der Waals surface area contributed by atoms with Crippen molar-refractivity contribution in [3.63, 3.8) is 0 Å². The maximum Gasteiger partial charge on any atom is 0.119 e. The van der Waals surface area contributed by atoms with Crippen LogP contribution >= 0.6 is 0 Å². The molecule has 3 heteroatoms. The van der Waals surface area contributed by atoms with Crippen LogP contribution in [0.2, 0.25) is 0 Å². The molecule has 0 aliphatic rings. The predicted molar refractivity (Wildman–Crippen MR) is 105 cm³/mol. The Hall–Kier alpha value is -2.42. The highest BCUT2D eigenvalue weighted by Gasteiger charge is 1.96. The van der Waals surface area contributed by atoms with Gasteiger partial charge in [0.05, 0.1) is 18.0 Å². The number of benzene rings is 2.